The first-order valence-corrected chi connectivity index (χ1v) is 10.1. The summed E-state index contributed by atoms with van der Waals surface area (Å²) in [5.41, 5.74) is 1.05. The second kappa shape index (κ2) is 8.59. The highest BCUT2D eigenvalue weighted by Crippen LogP contribution is 2.43. The average Bonchev–Trinajstić information content (AvgIpc) is 3.34. The van der Waals surface area contributed by atoms with E-state index in [2.05, 4.69) is 20.2 Å². The Morgan fingerprint density at radius 1 is 1.28 bits per heavy atom. The van der Waals surface area contributed by atoms with Gasteiger partial charge < -0.3 is 20.4 Å². The van der Waals surface area contributed by atoms with Crippen molar-refractivity contribution < 1.29 is 9.53 Å². The lowest BCUT2D eigenvalue weighted by Crippen LogP contribution is -2.34. The number of hydrogen-bond acceptors (Lipinski definition) is 6. The normalized spacial score (nSPS) is 24.0. The maximum atomic E-state index is 12.9. The number of aromatic nitrogens is 2. The van der Waals surface area contributed by atoms with E-state index in [-0.39, 0.29) is 17.9 Å². The third kappa shape index (κ3) is 4.23. The fourth-order valence-electron chi connectivity index (χ4n) is 4.68. The zero-order valence-electron chi connectivity index (χ0n) is 16.6. The summed E-state index contributed by atoms with van der Waals surface area (Å²) in [4.78, 5) is 23.7. The van der Waals surface area contributed by atoms with Gasteiger partial charge in [0.2, 0.25) is 5.91 Å². The molecule has 2 heterocycles. The Morgan fingerprint density at radius 2 is 2.00 bits per heavy atom. The van der Waals surface area contributed by atoms with E-state index in [1.54, 1.807) is 13.3 Å². The second-order valence-electron chi connectivity index (χ2n) is 7.91. The largest absolute Gasteiger partial charge is 0.467 e. The second-order valence-corrected chi connectivity index (χ2v) is 7.91. The Hall–Kier alpha value is -2.96. The number of benzene rings is 1. The molecule has 1 aliphatic carbocycles. The summed E-state index contributed by atoms with van der Waals surface area (Å²) in [6, 6.07) is 12.1. The van der Waals surface area contributed by atoms with Crippen LogP contribution in [0.25, 0.3) is 0 Å². The standard InChI is InChI=1S/C22H27N5O2/c1-29-22-24-10-8-20(26-22)27-13-17-11-16(12-18(17)14-27)21(28)25-19(7-9-23)15-5-3-2-4-6-15/h2-6,8-10,16-19,23H,7,11-14H2,1H3,(H,25,28)/t16-,17+,18-,19-/m1/s1. The highest BCUT2D eigenvalue weighted by Gasteiger charge is 2.43. The molecule has 0 unspecified atom stereocenters. The molecule has 1 aromatic heterocycles. The zero-order chi connectivity index (χ0) is 20.2. The number of ether oxygens (including phenoxy) is 1. The summed E-state index contributed by atoms with van der Waals surface area (Å²) in [7, 11) is 1.57. The van der Waals surface area contributed by atoms with Crippen LogP contribution >= 0.6 is 0 Å². The third-order valence-electron chi connectivity index (χ3n) is 6.12. The summed E-state index contributed by atoms with van der Waals surface area (Å²) in [5, 5.41) is 10.7. The monoisotopic (exact) mass is 393 g/mol. The molecule has 1 aromatic carbocycles. The molecule has 152 valence electrons. The van der Waals surface area contributed by atoms with Crippen molar-refractivity contribution in [2.45, 2.75) is 25.3 Å². The highest BCUT2D eigenvalue weighted by atomic mass is 16.5. The lowest BCUT2D eigenvalue weighted by Gasteiger charge is -2.22. The minimum atomic E-state index is -0.133. The van der Waals surface area contributed by atoms with Crippen molar-refractivity contribution in [1.29, 1.82) is 5.41 Å². The van der Waals surface area contributed by atoms with E-state index in [4.69, 9.17) is 10.1 Å². The van der Waals surface area contributed by atoms with Crippen LogP contribution in [0, 0.1) is 23.2 Å². The molecule has 2 fully saturated rings. The Balaban J connectivity index is 1.36. The Kier molecular flexibility index (Phi) is 5.74. The Morgan fingerprint density at radius 3 is 2.66 bits per heavy atom. The SMILES string of the molecule is COc1nccc(N2C[C@H]3C[C@H](C(=O)N[C@H](CC=N)c4ccccc4)C[C@H]3C2)n1. The van der Waals surface area contributed by atoms with Gasteiger partial charge in [-0.1, -0.05) is 30.3 Å². The lowest BCUT2D eigenvalue weighted by molar-refractivity contribution is -0.125. The van der Waals surface area contributed by atoms with Gasteiger partial charge in [0, 0.05) is 31.6 Å². The summed E-state index contributed by atoms with van der Waals surface area (Å²) in [6.07, 6.45) is 5.41. The van der Waals surface area contributed by atoms with Crippen molar-refractivity contribution in [3.63, 3.8) is 0 Å². The molecule has 0 bridgehead atoms. The molecule has 2 N–H and O–H groups in total. The number of nitrogens with one attached hydrogen (secondary N) is 2. The molecule has 4 atom stereocenters. The number of carbonyl (C=O) groups excluding carboxylic acids is 1. The van der Waals surface area contributed by atoms with Crippen LogP contribution < -0.4 is 15.0 Å². The first-order valence-electron chi connectivity index (χ1n) is 10.1. The molecule has 4 rings (SSSR count). The fraction of sp³-hybridized carbons (Fsp3) is 0.455. The number of fused-ring (bicyclic) bond motifs is 1. The van der Waals surface area contributed by atoms with E-state index in [9.17, 15) is 4.79 Å². The maximum absolute atomic E-state index is 12.9. The van der Waals surface area contributed by atoms with Gasteiger partial charge in [0.1, 0.15) is 5.82 Å². The van der Waals surface area contributed by atoms with E-state index >= 15 is 0 Å². The number of anilines is 1. The molecular formula is C22H27N5O2. The van der Waals surface area contributed by atoms with Crippen LogP contribution in [0.2, 0.25) is 0 Å². The van der Waals surface area contributed by atoms with Crippen molar-refractivity contribution in [3.8, 4) is 6.01 Å². The van der Waals surface area contributed by atoms with Crippen LogP contribution in [-0.2, 0) is 4.79 Å². The minimum absolute atomic E-state index is 0.0454. The average molecular weight is 393 g/mol. The smallest absolute Gasteiger partial charge is 0.318 e. The molecule has 1 aliphatic heterocycles. The lowest BCUT2D eigenvalue weighted by atomic mass is 10.0. The quantitative estimate of drug-likeness (QED) is 0.706. The number of rotatable bonds is 7. The van der Waals surface area contributed by atoms with Crippen LogP contribution in [0.15, 0.2) is 42.6 Å². The predicted octanol–water partition coefficient (Wildman–Crippen LogP) is 2.84. The van der Waals surface area contributed by atoms with Gasteiger partial charge >= 0.3 is 6.01 Å². The van der Waals surface area contributed by atoms with E-state index in [1.165, 1.54) is 6.21 Å². The van der Waals surface area contributed by atoms with E-state index in [1.807, 2.05) is 36.4 Å². The van der Waals surface area contributed by atoms with Crippen LogP contribution in [-0.4, -0.2) is 42.3 Å². The van der Waals surface area contributed by atoms with Gasteiger partial charge in [-0.15, -0.1) is 0 Å². The molecule has 1 saturated carbocycles. The first kappa shape index (κ1) is 19.4. The topological polar surface area (TPSA) is 91.2 Å². The van der Waals surface area contributed by atoms with Crippen LogP contribution in [0.1, 0.15) is 30.9 Å². The van der Waals surface area contributed by atoms with Gasteiger partial charge in [-0.25, -0.2) is 4.98 Å². The number of amides is 1. The number of carbonyl (C=O) groups is 1. The fourth-order valence-corrected chi connectivity index (χ4v) is 4.68. The molecule has 7 heteroatoms. The van der Waals surface area contributed by atoms with Gasteiger partial charge in [-0.2, -0.15) is 4.98 Å². The van der Waals surface area contributed by atoms with Crippen molar-refractivity contribution in [3.05, 3.63) is 48.2 Å². The van der Waals surface area contributed by atoms with E-state index in [0.29, 0.717) is 24.3 Å². The van der Waals surface area contributed by atoms with Gasteiger partial charge in [-0.3, -0.25) is 4.79 Å². The predicted molar refractivity (Wildman–Crippen MR) is 111 cm³/mol. The molecule has 1 saturated heterocycles. The number of hydrogen-bond donors (Lipinski definition) is 2. The number of nitrogens with zero attached hydrogens (tertiary/aromatic N) is 3. The van der Waals surface area contributed by atoms with Crippen LogP contribution in [0.3, 0.4) is 0 Å². The molecule has 2 aliphatic rings. The van der Waals surface area contributed by atoms with Gasteiger partial charge in [0.15, 0.2) is 0 Å². The summed E-state index contributed by atoms with van der Waals surface area (Å²) < 4.78 is 5.13. The van der Waals surface area contributed by atoms with Crippen molar-refractivity contribution in [1.82, 2.24) is 15.3 Å². The summed E-state index contributed by atoms with van der Waals surface area (Å²) in [6.45, 7) is 1.83. The minimum Gasteiger partial charge on any atom is -0.467 e. The Bertz CT molecular complexity index is 845. The molecule has 29 heavy (non-hydrogen) atoms. The molecule has 7 nitrogen and oxygen atoms in total. The van der Waals surface area contributed by atoms with E-state index in [0.717, 1.165) is 37.3 Å². The van der Waals surface area contributed by atoms with Crippen LogP contribution in [0.4, 0.5) is 5.82 Å². The molecule has 0 spiro atoms. The van der Waals surface area contributed by atoms with E-state index < -0.39 is 0 Å². The van der Waals surface area contributed by atoms with Crippen LogP contribution in [0.5, 0.6) is 6.01 Å². The Labute approximate surface area is 171 Å². The number of methoxy groups -OCH3 is 1. The van der Waals surface area contributed by atoms with Crippen molar-refractivity contribution in [2.24, 2.45) is 17.8 Å². The van der Waals surface area contributed by atoms with Gasteiger partial charge in [0.05, 0.1) is 13.2 Å². The third-order valence-corrected chi connectivity index (χ3v) is 6.12. The molecule has 1 amide bonds. The summed E-state index contributed by atoms with van der Waals surface area (Å²) in [5.74, 6) is 2.06. The first-order chi connectivity index (χ1) is 14.2. The zero-order valence-corrected chi connectivity index (χ0v) is 16.6. The molecular weight excluding hydrogens is 366 g/mol. The molecule has 2 aromatic rings. The van der Waals surface area contributed by atoms with Gasteiger partial charge in [0.25, 0.3) is 0 Å². The highest BCUT2D eigenvalue weighted by molar-refractivity contribution is 5.80. The van der Waals surface area contributed by atoms with Crippen molar-refractivity contribution >= 4 is 17.9 Å². The summed E-state index contributed by atoms with van der Waals surface area (Å²) >= 11 is 0. The van der Waals surface area contributed by atoms with Gasteiger partial charge in [-0.05, 0) is 42.5 Å². The maximum Gasteiger partial charge on any atom is 0.318 e. The molecule has 0 radical (unpaired) electrons. The van der Waals surface area contributed by atoms with Crippen molar-refractivity contribution in [2.75, 3.05) is 25.1 Å².